The van der Waals surface area contributed by atoms with E-state index >= 15 is 0 Å². The number of hydrogen-bond acceptors (Lipinski definition) is 4. The van der Waals surface area contributed by atoms with Gasteiger partial charge < -0.3 is 19.4 Å². The Morgan fingerprint density at radius 1 is 1.42 bits per heavy atom. The summed E-state index contributed by atoms with van der Waals surface area (Å²) in [5, 5.41) is 3.30. The van der Waals surface area contributed by atoms with E-state index in [1.54, 1.807) is 7.11 Å². The van der Waals surface area contributed by atoms with Crippen LogP contribution in [0.15, 0.2) is 18.3 Å². The molecule has 0 unspecified atom stereocenters. The van der Waals surface area contributed by atoms with Gasteiger partial charge in [0, 0.05) is 38.6 Å². The summed E-state index contributed by atoms with van der Waals surface area (Å²) in [5.74, 6) is -0.195. The third-order valence-corrected chi connectivity index (χ3v) is 3.02. The summed E-state index contributed by atoms with van der Waals surface area (Å²) in [6.07, 6.45) is 1.98. The zero-order chi connectivity index (χ0) is 14.3. The first-order valence-electron chi connectivity index (χ1n) is 6.43. The van der Waals surface area contributed by atoms with Crippen molar-refractivity contribution in [1.29, 1.82) is 0 Å². The van der Waals surface area contributed by atoms with Crippen molar-refractivity contribution in [3.63, 3.8) is 0 Å². The summed E-state index contributed by atoms with van der Waals surface area (Å²) in [4.78, 5) is 11.7. The predicted octanol–water partition coefficient (Wildman–Crippen LogP) is 1.42. The van der Waals surface area contributed by atoms with Gasteiger partial charge in [0.05, 0.1) is 19.1 Å². The maximum absolute atomic E-state index is 11.7. The fraction of sp³-hybridized carbons (Fsp3) is 0.643. The second kappa shape index (κ2) is 7.31. The molecule has 0 amide bonds. The van der Waals surface area contributed by atoms with Gasteiger partial charge in [-0.2, -0.15) is 0 Å². The van der Waals surface area contributed by atoms with Crippen molar-refractivity contribution in [2.75, 3.05) is 27.4 Å². The van der Waals surface area contributed by atoms with Gasteiger partial charge in [-0.25, -0.2) is 0 Å². The van der Waals surface area contributed by atoms with Gasteiger partial charge in [0.15, 0.2) is 0 Å². The Bertz CT molecular complexity index is 399. The second-order valence-corrected chi connectivity index (χ2v) is 5.17. The molecule has 0 aliphatic rings. The first-order chi connectivity index (χ1) is 9.01. The predicted molar refractivity (Wildman–Crippen MR) is 73.8 cm³/mol. The summed E-state index contributed by atoms with van der Waals surface area (Å²) < 4.78 is 11.9. The number of esters is 1. The van der Waals surface area contributed by atoms with Crippen LogP contribution in [0.25, 0.3) is 0 Å². The molecule has 0 atom stereocenters. The van der Waals surface area contributed by atoms with Crippen molar-refractivity contribution in [1.82, 2.24) is 9.88 Å². The molecule has 0 bridgehead atoms. The summed E-state index contributed by atoms with van der Waals surface area (Å²) in [7, 11) is 3.11. The van der Waals surface area contributed by atoms with Gasteiger partial charge in [0.2, 0.25) is 0 Å². The van der Waals surface area contributed by atoms with Crippen LogP contribution < -0.4 is 5.32 Å². The number of aromatic nitrogens is 1. The quantitative estimate of drug-likeness (QED) is 0.572. The van der Waals surface area contributed by atoms with Crippen molar-refractivity contribution in [3.05, 3.63) is 24.0 Å². The van der Waals surface area contributed by atoms with E-state index in [1.165, 1.54) is 7.11 Å². The fourth-order valence-corrected chi connectivity index (χ4v) is 1.92. The van der Waals surface area contributed by atoms with E-state index in [1.807, 2.05) is 32.2 Å². The van der Waals surface area contributed by atoms with E-state index in [0.29, 0.717) is 13.2 Å². The van der Waals surface area contributed by atoms with Gasteiger partial charge in [-0.05, 0) is 26.0 Å². The molecule has 0 saturated heterocycles. The molecule has 1 aromatic heterocycles. The zero-order valence-corrected chi connectivity index (χ0v) is 12.2. The molecule has 0 aromatic carbocycles. The van der Waals surface area contributed by atoms with Gasteiger partial charge in [0.25, 0.3) is 0 Å². The average molecular weight is 268 g/mol. The highest BCUT2D eigenvalue weighted by Crippen LogP contribution is 2.21. The molecule has 1 rings (SSSR count). The van der Waals surface area contributed by atoms with Crippen LogP contribution >= 0.6 is 0 Å². The van der Waals surface area contributed by atoms with Crippen LogP contribution in [0.4, 0.5) is 0 Å². The highest BCUT2D eigenvalue weighted by Gasteiger charge is 2.29. The maximum Gasteiger partial charge on any atom is 0.313 e. The fourth-order valence-electron chi connectivity index (χ4n) is 1.92. The largest absolute Gasteiger partial charge is 0.469 e. The van der Waals surface area contributed by atoms with Crippen LogP contribution in [0.2, 0.25) is 0 Å². The Kier molecular flexibility index (Phi) is 6.05. The molecule has 5 nitrogen and oxygen atoms in total. The van der Waals surface area contributed by atoms with E-state index in [2.05, 4.69) is 9.88 Å². The van der Waals surface area contributed by atoms with Crippen LogP contribution in [0.3, 0.4) is 0 Å². The number of hydrogen-bond donors (Lipinski definition) is 1. The number of rotatable bonds is 8. The van der Waals surface area contributed by atoms with Gasteiger partial charge in [-0.15, -0.1) is 0 Å². The third-order valence-electron chi connectivity index (χ3n) is 3.02. The molecule has 5 heteroatoms. The Morgan fingerprint density at radius 2 is 2.16 bits per heavy atom. The van der Waals surface area contributed by atoms with Crippen molar-refractivity contribution >= 4 is 5.97 Å². The number of nitrogens with one attached hydrogen (secondary N) is 1. The highest BCUT2D eigenvalue weighted by atomic mass is 16.5. The second-order valence-electron chi connectivity index (χ2n) is 5.17. The van der Waals surface area contributed by atoms with Crippen molar-refractivity contribution in [3.8, 4) is 0 Å². The van der Waals surface area contributed by atoms with Crippen LogP contribution in [0, 0.1) is 5.41 Å². The monoisotopic (exact) mass is 268 g/mol. The molecule has 0 spiro atoms. The zero-order valence-electron chi connectivity index (χ0n) is 12.2. The first-order valence-corrected chi connectivity index (χ1v) is 6.43. The van der Waals surface area contributed by atoms with E-state index in [4.69, 9.17) is 9.47 Å². The molecule has 0 aliphatic heterocycles. The van der Waals surface area contributed by atoms with Crippen LogP contribution in [0.1, 0.15) is 19.5 Å². The number of carbonyl (C=O) groups excluding carboxylic acids is 1. The van der Waals surface area contributed by atoms with Gasteiger partial charge in [-0.3, -0.25) is 4.79 Å². The highest BCUT2D eigenvalue weighted by molar-refractivity contribution is 5.75. The lowest BCUT2D eigenvalue weighted by atomic mass is 9.93. The number of carbonyl (C=O) groups is 1. The Labute approximate surface area is 114 Å². The minimum Gasteiger partial charge on any atom is -0.469 e. The molecule has 19 heavy (non-hydrogen) atoms. The molecule has 1 heterocycles. The normalized spacial score (nSPS) is 11.6. The van der Waals surface area contributed by atoms with E-state index in [-0.39, 0.29) is 5.97 Å². The molecule has 0 saturated carbocycles. The smallest absolute Gasteiger partial charge is 0.313 e. The summed E-state index contributed by atoms with van der Waals surface area (Å²) in [5.41, 5.74) is 0.614. The summed E-state index contributed by atoms with van der Waals surface area (Å²) in [6, 6.07) is 4.04. The third kappa shape index (κ3) is 4.69. The Balaban J connectivity index is 2.59. The molecule has 0 aliphatic carbocycles. The lowest BCUT2D eigenvalue weighted by Crippen LogP contribution is -2.31. The molecule has 1 aromatic rings. The minimum atomic E-state index is -0.533. The van der Waals surface area contributed by atoms with E-state index < -0.39 is 5.41 Å². The van der Waals surface area contributed by atoms with Gasteiger partial charge in [-0.1, -0.05) is 0 Å². The van der Waals surface area contributed by atoms with Crippen molar-refractivity contribution in [2.45, 2.75) is 26.9 Å². The molecular formula is C14H24N2O3. The first kappa shape index (κ1) is 15.7. The molecule has 1 N–H and O–H groups in total. The summed E-state index contributed by atoms with van der Waals surface area (Å²) in [6.45, 7) is 6.64. The molecule has 0 radical (unpaired) electrons. The average Bonchev–Trinajstić information content (AvgIpc) is 2.80. The Hall–Kier alpha value is -1.33. The van der Waals surface area contributed by atoms with Gasteiger partial charge >= 0.3 is 5.97 Å². The Morgan fingerprint density at radius 3 is 2.79 bits per heavy atom. The lowest BCUT2D eigenvalue weighted by Gasteiger charge is -2.23. The molecule has 0 fully saturated rings. The minimum absolute atomic E-state index is 0.195. The van der Waals surface area contributed by atoms with Crippen LogP contribution in [-0.2, 0) is 27.4 Å². The van der Waals surface area contributed by atoms with E-state index in [0.717, 1.165) is 18.8 Å². The van der Waals surface area contributed by atoms with E-state index in [9.17, 15) is 4.79 Å². The summed E-state index contributed by atoms with van der Waals surface area (Å²) >= 11 is 0. The SMILES string of the molecule is COCCNCc1cccn1CC(C)(C)C(=O)OC. The van der Waals surface area contributed by atoms with Crippen LogP contribution in [0.5, 0.6) is 0 Å². The number of methoxy groups -OCH3 is 2. The maximum atomic E-state index is 11.7. The van der Waals surface area contributed by atoms with Crippen LogP contribution in [-0.4, -0.2) is 37.9 Å². The van der Waals surface area contributed by atoms with Crippen molar-refractivity contribution < 1.29 is 14.3 Å². The number of ether oxygens (including phenoxy) is 2. The lowest BCUT2D eigenvalue weighted by molar-refractivity contribution is -0.151. The number of nitrogens with zero attached hydrogens (tertiary/aromatic N) is 1. The van der Waals surface area contributed by atoms with Crippen molar-refractivity contribution in [2.24, 2.45) is 5.41 Å². The topological polar surface area (TPSA) is 52.5 Å². The molecule has 108 valence electrons. The van der Waals surface area contributed by atoms with Gasteiger partial charge in [0.1, 0.15) is 0 Å². The molecular weight excluding hydrogens is 244 g/mol. The standard InChI is InChI=1S/C14H24N2O3/c1-14(2,13(17)19-4)11-16-8-5-6-12(16)10-15-7-9-18-3/h5-6,8,15H,7,9-11H2,1-4H3.